The van der Waals surface area contributed by atoms with Crippen LogP contribution in [-0.2, 0) is 4.79 Å². The Kier molecular flexibility index (Phi) is 5.60. The molecule has 5 nitrogen and oxygen atoms in total. The minimum Gasteiger partial charge on any atom is -0.325 e. The number of hydrogen-bond donors (Lipinski definition) is 1. The lowest BCUT2D eigenvalue weighted by Gasteiger charge is -2.14. The number of amides is 1. The van der Waals surface area contributed by atoms with Gasteiger partial charge in [-0.25, -0.2) is 4.39 Å². The Morgan fingerprint density at radius 1 is 1.15 bits per heavy atom. The first-order chi connectivity index (χ1) is 12.8. The molecule has 3 rings (SSSR count). The quantitative estimate of drug-likeness (QED) is 0.660. The molecule has 0 spiro atoms. The van der Waals surface area contributed by atoms with Gasteiger partial charge in [0.25, 0.3) is 0 Å². The molecule has 27 heavy (non-hydrogen) atoms. The van der Waals surface area contributed by atoms with Crippen molar-refractivity contribution in [3.8, 4) is 5.69 Å². The molecule has 0 aliphatic rings. The van der Waals surface area contributed by atoms with Crippen molar-refractivity contribution in [2.45, 2.75) is 38.1 Å². The number of benzene rings is 2. The molecule has 1 unspecified atom stereocenters. The molecular weight excluding hydrogens is 363 g/mol. The molecule has 1 N–H and O–H groups in total. The highest BCUT2D eigenvalue weighted by Crippen LogP contribution is 2.26. The molecule has 2 aromatic carbocycles. The van der Waals surface area contributed by atoms with Crippen LogP contribution in [0.25, 0.3) is 5.69 Å². The van der Waals surface area contributed by atoms with E-state index < -0.39 is 5.25 Å². The molecule has 0 aliphatic carbocycles. The maximum atomic E-state index is 13.7. The molecule has 0 aliphatic heterocycles. The van der Waals surface area contributed by atoms with Crippen LogP contribution in [0.3, 0.4) is 0 Å². The van der Waals surface area contributed by atoms with Gasteiger partial charge in [-0.05, 0) is 57.0 Å². The molecule has 0 saturated heterocycles. The normalized spacial score (nSPS) is 12.0. The smallest absolute Gasteiger partial charge is 0.237 e. The number of rotatable bonds is 5. The summed E-state index contributed by atoms with van der Waals surface area (Å²) in [5.74, 6) is -0.568. The first-order valence-electron chi connectivity index (χ1n) is 8.56. The Labute approximate surface area is 162 Å². The zero-order chi connectivity index (χ0) is 19.6. The van der Waals surface area contributed by atoms with Crippen molar-refractivity contribution in [1.82, 2.24) is 14.8 Å². The number of nitrogens with one attached hydrogen (secondary N) is 1. The zero-order valence-electron chi connectivity index (χ0n) is 15.7. The lowest BCUT2D eigenvalue weighted by atomic mass is 10.1. The van der Waals surface area contributed by atoms with Crippen LogP contribution in [-0.4, -0.2) is 25.9 Å². The summed E-state index contributed by atoms with van der Waals surface area (Å²) in [5, 5.41) is 11.1. The number of anilines is 1. The second-order valence-electron chi connectivity index (χ2n) is 6.49. The Hall–Kier alpha value is -2.67. The minimum atomic E-state index is -0.428. The van der Waals surface area contributed by atoms with Crippen LogP contribution in [0.15, 0.2) is 47.9 Å². The molecule has 0 radical (unpaired) electrons. The fraction of sp³-hybridized carbons (Fsp3) is 0.250. The number of nitrogens with zero attached hydrogens (tertiary/aromatic N) is 3. The standard InChI is InChI=1S/C20H21FN4OS/c1-12-5-8-18(14(3)9-12)25-11-22-24-20(25)27-15(4)19(26)23-16-7-6-13(2)17(21)10-16/h5-11,15H,1-4H3,(H,23,26). The van der Waals surface area contributed by atoms with Crippen LogP contribution in [0.2, 0.25) is 0 Å². The Balaban J connectivity index is 1.74. The molecule has 1 amide bonds. The van der Waals surface area contributed by atoms with Crippen molar-refractivity contribution in [2.24, 2.45) is 0 Å². The lowest BCUT2D eigenvalue weighted by Crippen LogP contribution is -2.23. The minimum absolute atomic E-state index is 0.224. The predicted octanol–water partition coefficient (Wildman–Crippen LogP) is 4.45. The predicted molar refractivity (Wildman–Crippen MR) is 106 cm³/mol. The zero-order valence-corrected chi connectivity index (χ0v) is 16.5. The van der Waals surface area contributed by atoms with Gasteiger partial charge >= 0.3 is 0 Å². The third-order valence-corrected chi connectivity index (χ3v) is 5.28. The molecule has 140 valence electrons. The second kappa shape index (κ2) is 7.92. The lowest BCUT2D eigenvalue weighted by molar-refractivity contribution is -0.115. The summed E-state index contributed by atoms with van der Waals surface area (Å²) in [7, 11) is 0. The number of aryl methyl sites for hydroxylation is 3. The molecule has 0 fully saturated rings. The number of carbonyl (C=O) groups excluding carboxylic acids is 1. The van der Waals surface area contributed by atoms with E-state index in [0.717, 1.165) is 11.3 Å². The van der Waals surface area contributed by atoms with Crippen LogP contribution in [0, 0.1) is 26.6 Å². The van der Waals surface area contributed by atoms with Crippen LogP contribution < -0.4 is 5.32 Å². The van der Waals surface area contributed by atoms with Gasteiger partial charge < -0.3 is 5.32 Å². The van der Waals surface area contributed by atoms with Gasteiger partial charge in [0.1, 0.15) is 12.1 Å². The summed E-state index contributed by atoms with van der Waals surface area (Å²) < 4.78 is 15.5. The highest BCUT2D eigenvalue weighted by atomic mass is 32.2. The maximum Gasteiger partial charge on any atom is 0.237 e. The van der Waals surface area contributed by atoms with E-state index in [4.69, 9.17) is 0 Å². The number of aromatic nitrogens is 3. The highest BCUT2D eigenvalue weighted by Gasteiger charge is 2.19. The van der Waals surface area contributed by atoms with E-state index in [2.05, 4.69) is 21.6 Å². The van der Waals surface area contributed by atoms with E-state index >= 15 is 0 Å². The maximum absolute atomic E-state index is 13.7. The van der Waals surface area contributed by atoms with Crippen molar-refractivity contribution in [1.29, 1.82) is 0 Å². The summed E-state index contributed by atoms with van der Waals surface area (Å²) in [4.78, 5) is 12.5. The summed E-state index contributed by atoms with van der Waals surface area (Å²) in [5.41, 5.74) is 4.23. The van der Waals surface area contributed by atoms with Crippen LogP contribution in [0.4, 0.5) is 10.1 Å². The summed E-state index contributed by atoms with van der Waals surface area (Å²) in [6.45, 7) is 7.53. The Morgan fingerprint density at radius 3 is 2.63 bits per heavy atom. The number of halogens is 1. The van der Waals surface area contributed by atoms with Gasteiger partial charge in [-0.3, -0.25) is 9.36 Å². The number of thioether (sulfide) groups is 1. The van der Waals surface area contributed by atoms with E-state index in [1.807, 2.05) is 30.5 Å². The first kappa shape index (κ1) is 19.1. The number of carbonyl (C=O) groups is 1. The van der Waals surface area contributed by atoms with Crippen molar-refractivity contribution in [2.75, 3.05) is 5.32 Å². The second-order valence-corrected chi connectivity index (χ2v) is 7.79. The third kappa shape index (κ3) is 4.36. The largest absolute Gasteiger partial charge is 0.325 e. The fourth-order valence-electron chi connectivity index (χ4n) is 2.67. The van der Waals surface area contributed by atoms with Crippen molar-refractivity contribution in [3.63, 3.8) is 0 Å². The Morgan fingerprint density at radius 2 is 1.93 bits per heavy atom. The van der Waals surface area contributed by atoms with Gasteiger partial charge in [-0.2, -0.15) is 0 Å². The topological polar surface area (TPSA) is 59.8 Å². The van der Waals surface area contributed by atoms with E-state index in [1.54, 1.807) is 32.3 Å². The van der Waals surface area contributed by atoms with Gasteiger partial charge in [0.05, 0.1) is 10.9 Å². The third-order valence-electron chi connectivity index (χ3n) is 4.22. The van der Waals surface area contributed by atoms with Crippen molar-refractivity contribution >= 4 is 23.4 Å². The SMILES string of the molecule is Cc1ccc(-n2cnnc2SC(C)C(=O)Nc2ccc(C)c(F)c2)c(C)c1. The summed E-state index contributed by atoms with van der Waals surface area (Å²) in [6.07, 6.45) is 1.64. The van der Waals surface area contributed by atoms with Crippen LogP contribution in [0.1, 0.15) is 23.6 Å². The molecule has 7 heteroatoms. The van der Waals surface area contributed by atoms with Crippen molar-refractivity contribution in [3.05, 3.63) is 65.2 Å². The van der Waals surface area contributed by atoms with E-state index in [1.165, 1.54) is 23.4 Å². The highest BCUT2D eigenvalue weighted by molar-refractivity contribution is 8.00. The van der Waals surface area contributed by atoms with Gasteiger partial charge in [0, 0.05) is 5.69 Å². The molecule has 3 aromatic rings. The molecule has 1 atom stereocenters. The molecule has 1 aromatic heterocycles. The van der Waals surface area contributed by atoms with E-state index in [0.29, 0.717) is 16.4 Å². The summed E-state index contributed by atoms with van der Waals surface area (Å²) >= 11 is 1.30. The monoisotopic (exact) mass is 384 g/mol. The van der Waals surface area contributed by atoms with E-state index in [-0.39, 0.29) is 11.7 Å². The average molecular weight is 384 g/mol. The first-order valence-corrected chi connectivity index (χ1v) is 9.44. The van der Waals surface area contributed by atoms with Gasteiger partial charge in [0.15, 0.2) is 5.16 Å². The van der Waals surface area contributed by atoms with Crippen molar-refractivity contribution < 1.29 is 9.18 Å². The van der Waals surface area contributed by atoms with Gasteiger partial charge in [0.2, 0.25) is 5.91 Å². The van der Waals surface area contributed by atoms with Gasteiger partial charge in [-0.1, -0.05) is 35.5 Å². The van der Waals surface area contributed by atoms with Crippen LogP contribution >= 0.6 is 11.8 Å². The van der Waals surface area contributed by atoms with Gasteiger partial charge in [-0.15, -0.1) is 10.2 Å². The molecule has 1 heterocycles. The molecule has 0 bridgehead atoms. The summed E-state index contributed by atoms with van der Waals surface area (Å²) in [6, 6.07) is 10.8. The van der Waals surface area contributed by atoms with Crippen LogP contribution in [0.5, 0.6) is 0 Å². The van der Waals surface area contributed by atoms with E-state index in [9.17, 15) is 9.18 Å². The molecule has 0 saturated carbocycles. The fourth-order valence-corrected chi connectivity index (χ4v) is 3.51. The molecular formula is C20H21FN4OS. The Bertz CT molecular complexity index is 986. The number of hydrogen-bond acceptors (Lipinski definition) is 4. The average Bonchev–Trinajstić information content (AvgIpc) is 3.06.